The van der Waals surface area contributed by atoms with Gasteiger partial charge in [-0.2, -0.15) is 0 Å². The molecule has 2 atom stereocenters. The van der Waals surface area contributed by atoms with E-state index in [0.29, 0.717) is 23.3 Å². The first kappa shape index (κ1) is 18.2. The zero-order chi connectivity index (χ0) is 18.8. The number of hydrogen-bond acceptors (Lipinski definition) is 4. The molecule has 2 bridgehead atoms. The van der Waals surface area contributed by atoms with Crippen LogP contribution in [-0.4, -0.2) is 52.9 Å². The van der Waals surface area contributed by atoms with Gasteiger partial charge in [0.25, 0.3) is 5.91 Å². The van der Waals surface area contributed by atoms with Crippen molar-refractivity contribution in [3.05, 3.63) is 53.2 Å². The zero-order valence-corrected chi connectivity index (χ0v) is 16.4. The number of aryl methyl sites for hydroxylation is 3. The van der Waals surface area contributed by atoms with Crippen molar-refractivity contribution in [3.63, 3.8) is 0 Å². The normalized spacial score (nSPS) is 22.8. The minimum atomic E-state index is 0.0222. The van der Waals surface area contributed by atoms with Crippen molar-refractivity contribution >= 4 is 5.91 Å². The topological polar surface area (TPSA) is 49.6 Å². The molecule has 3 aliphatic rings. The van der Waals surface area contributed by atoms with E-state index < -0.39 is 0 Å². The van der Waals surface area contributed by atoms with E-state index in [1.165, 1.54) is 12.0 Å². The van der Waals surface area contributed by atoms with E-state index >= 15 is 0 Å². The van der Waals surface area contributed by atoms with E-state index in [9.17, 15) is 4.79 Å². The quantitative estimate of drug-likeness (QED) is 0.812. The molecule has 0 N–H and O–H groups in total. The van der Waals surface area contributed by atoms with Crippen LogP contribution in [0.5, 0.6) is 0 Å². The summed E-state index contributed by atoms with van der Waals surface area (Å²) in [6, 6.07) is 11.0. The average Bonchev–Trinajstić information content (AvgIpc) is 2.83. The molecule has 1 aromatic heterocycles. The first-order valence-electron chi connectivity index (χ1n) is 10.1. The number of carbonyl (C=O) groups excluding carboxylic acids is 1. The number of oxazole rings is 1. The predicted octanol–water partition coefficient (Wildman–Crippen LogP) is 3.46. The molecule has 4 heterocycles. The standard InChI is InChI=1S/C22H29N3O2/c1-16-21(27-17(2)23-16)22(26)25-14-19-10-11-20(25)15-24(13-19)12-6-9-18-7-4-3-5-8-18/h3-5,7-8,19-20H,6,9-15H2,1-2H3/t19-,20+/m0/s1. The molecule has 3 fully saturated rings. The molecule has 0 saturated carbocycles. The van der Waals surface area contributed by atoms with Gasteiger partial charge in [-0.3, -0.25) is 4.79 Å². The lowest BCUT2D eigenvalue weighted by molar-refractivity contribution is 0.0550. The van der Waals surface area contributed by atoms with Crippen molar-refractivity contribution in [2.75, 3.05) is 26.2 Å². The molecule has 144 valence electrons. The summed E-state index contributed by atoms with van der Waals surface area (Å²) in [5, 5.41) is 0. The van der Waals surface area contributed by atoms with Crippen LogP contribution in [0.1, 0.15) is 47.0 Å². The summed E-state index contributed by atoms with van der Waals surface area (Å²) in [5.74, 6) is 1.58. The first-order valence-corrected chi connectivity index (χ1v) is 10.1. The highest BCUT2D eigenvalue weighted by Crippen LogP contribution is 2.30. The molecule has 0 unspecified atom stereocenters. The smallest absolute Gasteiger partial charge is 0.291 e. The first-order chi connectivity index (χ1) is 13.1. The predicted molar refractivity (Wildman–Crippen MR) is 105 cm³/mol. The maximum atomic E-state index is 13.1. The number of nitrogens with zero attached hydrogens (tertiary/aromatic N) is 3. The lowest BCUT2D eigenvalue weighted by Gasteiger charge is -2.35. The Labute approximate surface area is 161 Å². The van der Waals surface area contributed by atoms with Gasteiger partial charge in [-0.15, -0.1) is 0 Å². The van der Waals surface area contributed by atoms with Crippen LogP contribution < -0.4 is 0 Å². The Morgan fingerprint density at radius 1 is 1.15 bits per heavy atom. The molecule has 0 spiro atoms. The van der Waals surface area contributed by atoms with Crippen LogP contribution in [0.4, 0.5) is 0 Å². The van der Waals surface area contributed by atoms with Crippen LogP contribution in [0, 0.1) is 19.8 Å². The fourth-order valence-electron chi connectivity index (χ4n) is 4.62. The molecule has 0 aliphatic carbocycles. The lowest BCUT2D eigenvalue weighted by atomic mass is 9.94. The number of carbonyl (C=O) groups is 1. The number of rotatable bonds is 5. The zero-order valence-electron chi connectivity index (χ0n) is 16.4. The van der Waals surface area contributed by atoms with Crippen molar-refractivity contribution in [3.8, 4) is 0 Å². The molecule has 0 radical (unpaired) electrons. The number of hydrogen-bond donors (Lipinski definition) is 0. The molecule has 3 saturated heterocycles. The van der Waals surface area contributed by atoms with Gasteiger partial charge in [0.05, 0.1) is 5.69 Å². The third kappa shape index (κ3) is 4.08. The van der Waals surface area contributed by atoms with Crippen molar-refractivity contribution in [1.82, 2.24) is 14.8 Å². The fourth-order valence-corrected chi connectivity index (χ4v) is 4.62. The van der Waals surface area contributed by atoms with Gasteiger partial charge in [0, 0.05) is 32.6 Å². The van der Waals surface area contributed by atoms with Crippen molar-refractivity contribution in [2.24, 2.45) is 5.92 Å². The third-order valence-corrected chi connectivity index (χ3v) is 5.93. The third-order valence-electron chi connectivity index (χ3n) is 5.93. The second-order valence-corrected chi connectivity index (χ2v) is 8.05. The second kappa shape index (κ2) is 7.85. The molecule has 1 amide bonds. The molecule has 5 rings (SSSR count). The van der Waals surface area contributed by atoms with E-state index in [1.807, 2.05) is 6.92 Å². The molecular weight excluding hydrogens is 338 g/mol. The van der Waals surface area contributed by atoms with Crippen LogP contribution in [0.15, 0.2) is 34.7 Å². The summed E-state index contributed by atoms with van der Waals surface area (Å²) in [5.41, 5.74) is 2.11. The maximum Gasteiger partial charge on any atom is 0.291 e. The Kier molecular flexibility index (Phi) is 5.30. The number of aromatic nitrogens is 1. The largest absolute Gasteiger partial charge is 0.436 e. The Balaban J connectivity index is 1.38. The summed E-state index contributed by atoms with van der Waals surface area (Å²) in [6.45, 7) is 7.68. The highest BCUT2D eigenvalue weighted by molar-refractivity contribution is 5.92. The molecule has 27 heavy (non-hydrogen) atoms. The molecule has 5 heteroatoms. The van der Waals surface area contributed by atoms with E-state index in [2.05, 4.69) is 45.1 Å². The minimum Gasteiger partial charge on any atom is -0.436 e. The summed E-state index contributed by atoms with van der Waals surface area (Å²) in [6.07, 6.45) is 4.60. The highest BCUT2D eigenvalue weighted by atomic mass is 16.4. The van der Waals surface area contributed by atoms with Gasteiger partial charge >= 0.3 is 0 Å². The molecule has 5 nitrogen and oxygen atoms in total. The van der Waals surface area contributed by atoms with E-state index in [1.54, 1.807) is 6.92 Å². The van der Waals surface area contributed by atoms with Gasteiger partial charge in [0.2, 0.25) is 5.76 Å². The van der Waals surface area contributed by atoms with Crippen LogP contribution in [0.25, 0.3) is 0 Å². The van der Waals surface area contributed by atoms with Crippen molar-refractivity contribution in [1.29, 1.82) is 0 Å². The van der Waals surface area contributed by atoms with Gasteiger partial charge in [-0.05, 0) is 50.6 Å². The minimum absolute atomic E-state index is 0.0222. The summed E-state index contributed by atoms with van der Waals surface area (Å²) < 4.78 is 5.60. The molecule has 1 aromatic carbocycles. The maximum absolute atomic E-state index is 13.1. The van der Waals surface area contributed by atoms with Gasteiger partial charge in [0.1, 0.15) is 0 Å². The summed E-state index contributed by atoms with van der Waals surface area (Å²) in [4.78, 5) is 21.9. The molecule has 3 aliphatic heterocycles. The molecular formula is C22H29N3O2. The number of amides is 1. The van der Waals surface area contributed by atoms with Gasteiger partial charge in [-0.25, -0.2) is 4.98 Å². The number of fused-ring (bicyclic) bond motifs is 4. The number of piperidine rings is 1. The van der Waals surface area contributed by atoms with Crippen LogP contribution >= 0.6 is 0 Å². The highest BCUT2D eigenvalue weighted by Gasteiger charge is 2.38. The Bertz CT molecular complexity index is 786. The van der Waals surface area contributed by atoms with E-state index in [0.717, 1.165) is 45.4 Å². The van der Waals surface area contributed by atoms with Crippen LogP contribution in [0.3, 0.4) is 0 Å². The number of benzene rings is 1. The SMILES string of the molecule is Cc1nc(C)c(C(=O)N2C[C@H]3CC[C@@H]2CN(CCCc2ccccc2)C3)o1. The average molecular weight is 367 g/mol. The van der Waals surface area contributed by atoms with Crippen molar-refractivity contribution in [2.45, 2.75) is 45.6 Å². The Hall–Kier alpha value is -2.14. The Morgan fingerprint density at radius 2 is 1.96 bits per heavy atom. The van der Waals surface area contributed by atoms with Crippen LogP contribution in [0.2, 0.25) is 0 Å². The molecule has 2 aromatic rings. The van der Waals surface area contributed by atoms with Gasteiger partial charge in [0.15, 0.2) is 5.89 Å². The summed E-state index contributed by atoms with van der Waals surface area (Å²) >= 11 is 0. The lowest BCUT2D eigenvalue weighted by Crippen LogP contribution is -2.47. The fraction of sp³-hybridized carbons (Fsp3) is 0.545. The van der Waals surface area contributed by atoms with Crippen LogP contribution in [-0.2, 0) is 6.42 Å². The summed E-state index contributed by atoms with van der Waals surface area (Å²) in [7, 11) is 0. The van der Waals surface area contributed by atoms with Gasteiger partial charge in [-0.1, -0.05) is 30.3 Å². The Morgan fingerprint density at radius 3 is 2.70 bits per heavy atom. The monoisotopic (exact) mass is 367 g/mol. The van der Waals surface area contributed by atoms with E-state index in [-0.39, 0.29) is 11.9 Å². The van der Waals surface area contributed by atoms with E-state index in [4.69, 9.17) is 4.42 Å². The van der Waals surface area contributed by atoms with Crippen molar-refractivity contribution < 1.29 is 9.21 Å². The second-order valence-electron chi connectivity index (χ2n) is 8.05. The van der Waals surface area contributed by atoms with Gasteiger partial charge < -0.3 is 14.2 Å².